The highest BCUT2D eigenvalue weighted by Gasteiger charge is 2.17. The number of benzene rings is 3. The maximum absolute atomic E-state index is 13.0. The number of amides is 1. The van der Waals surface area contributed by atoms with Gasteiger partial charge in [0.05, 0.1) is 12.1 Å². The first kappa shape index (κ1) is 21.6. The Hall–Kier alpha value is -4.20. The van der Waals surface area contributed by atoms with Crippen LogP contribution in [-0.2, 0) is 13.0 Å². The summed E-state index contributed by atoms with van der Waals surface area (Å²) in [5.41, 5.74) is 4.23. The fraction of sp³-hybridized carbons (Fsp3) is 0.154. The van der Waals surface area contributed by atoms with Crippen molar-refractivity contribution < 1.29 is 18.3 Å². The van der Waals surface area contributed by atoms with E-state index in [-0.39, 0.29) is 11.7 Å². The second-order valence-electron chi connectivity index (χ2n) is 7.91. The minimum atomic E-state index is -2.86. The van der Waals surface area contributed by atoms with E-state index in [1.54, 1.807) is 16.8 Å². The quantitative estimate of drug-likeness (QED) is 0.337. The number of hydrogen-bond acceptors (Lipinski definition) is 3. The number of alkyl halides is 2. The van der Waals surface area contributed by atoms with E-state index in [0.717, 1.165) is 32.9 Å². The third kappa shape index (κ3) is 4.47. The van der Waals surface area contributed by atoms with Gasteiger partial charge >= 0.3 is 6.61 Å². The van der Waals surface area contributed by atoms with Gasteiger partial charge in [-0.15, -0.1) is 0 Å². The molecular weight excluding hydrogens is 438 g/mol. The number of carbonyl (C=O) groups excluding carboxylic acids is 1. The van der Waals surface area contributed by atoms with E-state index in [1.807, 2.05) is 48.7 Å². The van der Waals surface area contributed by atoms with Crippen molar-refractivity contribution in [3.63, 3.8) is 0 Å². The molecule has 8 heteroatoms. The summed E-state index contributed by atoms with van der Waals surface area (Å²) in [6, 6.07) is 22.0. The molecule has 0 unspecified atom stereocenters. The van der Waals surface area contributed by atoms with Crippen LogP contribution in [0.4, 0.5) is 8.78 Å². The highest BCUT2D eigenvalue weighted by Crippen LogP contribution is 2.22. The highest BCUT2D eigenvalue weighted by atomic mass is 19.3. The Morgan fingerprint density at radius 2 is 1.74 bits per heavy atom. The van der Waals surface area contributed by atoms with Crippen LogP contribution in [0.3, 0.4) is 0 Å². The second-order valence-corrected chi connectivity index (χ2v) is 7.91. The summed E-state index contributed by atoms with van der Waals surface area (Å²) in [6.07, 6.45) is 2.67. The predicted molar refractivity (Wildman–Crippen MR) is 126 cm³/mol. The molecule has 6 nitrogen and oxygen atoms in total. The lowest BCUT2D eigenvalue weighted by atomic mass is 10.1. The lowest BCUT2D eigenvalue weighted by Crippen LogP contribution is -2.26. The summed E-state index contributed by atoms with van der Waals surface area (Å²) < 4.78 is 30.9. The summed E-state index contributed by atoms with van der Waals surface area (Å²) in [5, 5.41) is 9.45. The Balaban J connectivity index is 1.31. The Labute approximate surface area is 194 Å². The number of aromatic nitrogens is 3. The van der Waals surface area contributed by atoms with Gasteiger partial charge in [0.2, 0.25) is 0 Å². The molecule has 0 spiro atoms. The summed E-state index contributed by atoms with van der Waals surface area (Å²) in [6.45, 7) is -2.00. The first-order valence-corrected chi connectivity index (χ1v) is 10.9. The molecule has 1 amide bonds. The first-order chi connectivity index (χ1) is 16.6. The first-order valence-electron chi connectivity index (χ1n) is 10.9. The molecule has 0 saturated carbocycles. The van der Waals surface area contributed by atoms with E-state index in [1.165, 1.54) is 12.1 Å². The minimum absolute atomic E-state index is 0.0966. The van der Waals surface area contributed by atoms with Gasteiger partial charge in [0.1, 0.15) is 5.75 Å². The number of rotatable bonds is 8. The van der Waals surface area contributed by atoms with Crippen molar-refractivity contribution in [3.05, 3.63) is 95.8 Å². The SMILES string of the molecule is O=C(NCCc1c[nH]c2ccccc12)c1nn(Cc2ccc(OC(F)F)cc2)c2ccccc12. The molecule has 0 atom stereocenters. The number of aromatic amines is 1. The molecule has 5 rings (SSSR count). The smallest absolute Gasteiger partial charge is 0.387 e. The number of H-pyrrole nitrogens is 1. The molecule has 0 aliphatic carbocycles. The van der Waals surface area contributed by atoms with E-state index in [4.69, 9.17) is 0 Å². The van der Waals surface area contributed by atoms with Crippen molar-refractivity contribution in [1.29, 1.82) is 0 Å². The number of para-hydroxylation sites is 2. The van der Waals surface area contributed by atoms with Gasteiger partial charge in [-0.2, -0.15) is 13.9 Å². The number of carbonyl (C=O) groups is 1. The maximum Gasteiger partial charge on any atom is 0.387 e. The van der Waals surface area contributed by atoms with Crippen molar-refractivity contribution in [1.82, 2.24) is 20.1 Å². The van der Waals surface area contributed by atoms with E-state index in [9.17, 15) is 13.6 Å². The molecule has 0 bridgehead atoms. The second kappa shape index (κ2) is 9.35. The minimum Gasteiger partial charge on any atom is -0.435 e. The van der Waals surface area contributed by atoms with Gasteiger partial charge in [0.25, 0.3) is 5.91 Å². The third-order valence-corrected chi connectivity index (χ3v) is 5.71. The topological polar surface area (TPSA) is 71.9 Å². The average Bonchev–Trinajstić information content (AvgIpc) is 3.42. The standard InChI is InChI=1S/C26H22F2N4O2/c27-26(28)34-19-11-9-17(10-12-19)16-32-23-8-4-2-6-21(23)24(31-32)25(33)29-14-13-18-15-30-22-7-3-1-5-20(18)22/h1-12,15,26,30H,13-14,16H2,(H,29,33). The molecule has 0 fully saturated rings. The number of nitrogens with one attached hydrogen (secondary N) is 2. The Bertz CT molecular complexity index is 1440. The maximum atomic E-state index is 13.0. The number of ether oxygens (including phenoxy) is 1. The fourth-order valence-corrected chi connectivity index (χ4v) is 4.10. The van der Waals surface area contributed by atoms with Crippen LogP contribution in [-0.4, -0.2) is 33.8 Å². The van der Waals surface area contributed by atoms with Gasteiger partial charge in [-0.3, -0.25) is 9.48 Å². The van der Waals surface area contributed by atoms with Crippen LogP contribution >= 0.6 is 0 Å². The number of nitrogens with zero attached hydrogens (tertiary/aromatic N) is 2. The molecule has 2 aromatic heterocycles. The van der Waals surface area contributed by atoms with Crippen molar-refractivity contribution >= 4 is 27.7 Å². The summed E-state index contributed by atoms with van der Waals surface area (Å²) in [4.78, 5) is 16.2. The van der Waals surface area contributed by atoms with Gasteiger partial charge in [-0.1, -0.05) is 48.5 Å². The van der Waals surface area contributed by atoms with Crippen molar-refractivity contribution in [3.8, 4) is 5.75 Å². The zero-order chi connectivity index (χ0) is 23.5. The summed E-state index contributed by atoms with van der Waals surface area (Å²) in [7, 11) is 0. The average molecular weight is 460 g/mol. The number of fused-ring (bicyclic) bond motifs is 2. The molecule has 2 N–H and O–H groups in total. The number of hydrogen-bond donors (Lipinski definition) is 2. The van der Waals surface area contributed by atoms with Crippen LogP contribution in [0.2, 0.25) is 0 Å². The summed E-state index contributed by atoms with van der Waals surface area (Å²) >= 11 is 0. The molecule has 3 aromatic carbocycles. The van der Waals surface area contributed by atoms with Gasteiger partial charge in [-0.25, -0.2) is 0 Å². The van der Waals surface area contributed by atoms with Gasteiger partial charge < -0.3 is 15.0 Å². The lowest BCUT2D eigenvalue weighted by molar-refractivity contribution is -0.0498. The predicted octanol–water partition coefficient (Wildman–Crippen LogP) is 5.14. The summed E-state index contributed by atoms with van der Waals surface area (Å²) in [5.74, 6) is -0.144. The van der Waals surface area contributed by atoms with Crippen LogP contribution in [0.25, 0.3) is 21.8 Å². The van der Waals surface area contributed by atoms with E-state index in [0.29, 0.717) is 25.2 Å². The zero-order valence-corrected chi connectivity index (χ0v) is 18.2. The molecule has 172 valence electrons. The van der Waals surface area contributed by atoms with Gasteiger partial charge in [-0.05, 0) is 41.8 Å². The Kier molecular flexibility index (Phi) is 5.95. The largest absolute Gasteiger partial charge is 0.435 e. The molecule has 0 aliphatic rings. The molecule has 2 heterocycles. The molecule has 0 aliphatic heterocycles. The van der Waals surface area contributed by atoms with Gasteiger partial charge in [0, 0.05) is 29.0 Å². The van der Waals surface area contributed by atoms with E-state index >= 15 is 0 Å². The number of halogens is 2. The van der Waals surface area contributed by atoms with Crippen molar-refractivity contribution in [2.45, 2.75) is 19.6 Å². The molecule has 34 heavy (non-hydrogen) atoms. The van der Waals surface area contributed by atoms with Crippen LogP contribution in [0, 0.1) is 0 Å². The normalized spacial score (nSPS) is 11.4. The Morgan fingerprint density at radius 1 is 1.00 bits per heavy atom. The molecule has 5 aromatic rings. The molecule has 0 saturated heterocycles. The third-order valence-electron chi connectivity index (χ3n) is 5.71. The van der Waals surface area contributed by atoms with E-state index in [2.05, 4.69) is 26.2 Å². The lowest BCUT2D eigenvalue weighted by Gasteiger charge is -2.07. The van der Waals surface area contributed by atoms with Crippen LogP contribution < -0.4 is 10.1 Å². The van der Waals surface area contributed by atoms with Crippen LogP contribution in [0.1, 0.15) is 21.6 Å². The van der Waals surface area contributed by atoms with Gasteiger partial charge in [0.15, 0.2) is 5.69 Å². The Morgan fingerprint density at radius 3 is 2.53 bits per heavy atom. The highest BCUT2D eigenvalue weighted by molar-refractivity contribution is 6.04. The monoisotopic (exact) mass is 460 g/mol. The fourth-order valence-electron chi connectivity index (χ4n) is 4.10. The van der Waals surface area contributed by atoms with Crippen molar-refractivity contribution in [2.24, 2.45) is 0 Å². The van der Waals surface area contributed by atoms with Crippen LogP contribution in [0.5, 0.6) is 5.75 Å². The van der Waals surface area contributed by atoms with Crippen LogP contribution in [0.15, 0.2) is 79.0 Å². The molecule has 0 radical (unpaired) electrons. The van der Waals surface area contributed by atoms with Crippen molar-refractivity contribution in [2.75, 3.05) is 6.54 Å². The molecular formula is C26H22F2N4O2. The van der Waals surface area contributed by atoms with E-state index < -0.39 is 6.61 Å². The zero-order valence-electron chi connectivity index (χ0n) is 18.2.